The zero-order valence-corrected chi connectivity index (χ0v) is 9.43. The molecule has 0 amide bonds. The molecule has 0 radical (unpaired) electrons. The quantitative estimate of drug-likeness (QED) is 0.839. The van der Waals surface area contributed by atoms with Crippen LogP contribution in [0.15, 0.2) is 18.2 Å². The maximum atomic E-state index is 12.8. The fourth-order valence-corrected chi connectivity index (χ4v) is 2.23. The summed E-state index contributed by atoms with van der Waals surface area (Å²) in [7, 11) is 0. The molecule has 0 aliphatic carbocycles. The van der Waals surface area contributed by atoms with Crippen LogP contribution in [0, 0.1) is 0 Å². The maximum Gasteiger partial charge on any atom is 0.418 e. The maximum absolute atomic E-state index is 12.8. The number of halogens is 3. The molecule has 0 bridgehead atoms. The molecule has 17 heavy (non-hydrogen) atoms. The first kappa shape index (κ1) is 12.2. The van der Waals surface area contributed by atoms with E-state index in [1.807, 2.05) is 6.92 Å². The van der Waals surface area contributed by atoms with Gasteiger partial charge in [-0.3, -0.25) is 0 Å². The molecule has 2 nitrogen and oxygen atoms in total. The highest BCUT2D eigenvalue weighted by Crippen LogP contribution is 2.43. The third-order valence-electron chi connectivity index (χ3n) is 3.35. The van der Waals surface area contributed by atoms with Crippen LogP contribution in [0.4, 0.5) is 18.9 Å². The highest BCUT2D eigenvalue weighted by atomic mass is 19.4. The molecule has 0 fully saturated rings. The number of anilines is 1. The lowest BCUT2D eigenvalue weighted by molar-refractivity contribution is -0.137. The predicted molar refractivity (Wildman–Crippen MR) is 58.9 cm³/mol. The molecule has 1 aromatic rings. The largest absolute Gasteiger partial charge is 0.418 e. The average molecular weight is 245 g/mol. The van der Waals surface area contributed by atoms with E-state index in [0.717, 1.165) is 6.07 Å². The minimum Gasteiger partial charge on any atom is -0.394 e. The van der Waals surface area contributed by atoms with Crippen LogP contribution >= 0.6 is 0 Å². The third-order valence-corrected chi connectivity index (χ3v) is 3.35. The summed E-state index contributed by atoms with van der Waals surface area (Å²) in [4.78, 5) is 0. The number of benzene rings is 1. The first-order valence-corrected chi connectivity index (χ1v) is 5.50. The standard InChI is InChI=1S/C12H14F3NO/c1-2-11(7-17)6-8-4-3-5-9(10(8)16-11)12(13,14)15/h3-5,16-17H,2,6-7H2,1H3. The van der Waals surface area contributed by atoms with E-state index in [1.165, 1.54) is 6.07 Å². The Hall–Kier alpha value is -1.23. The number of nitrogens with one attached hydrogen (secondary N) is 1. The van der Waals surface area contributed by atoms with E-state index in [0.29, 0.717) is 18.4 Å². The van der Waals surface area contributed by atoms with Crippen LogP contribution < -0.4 is 5.32 Å². The van der Waals surface area contributed by atoms with Crippen molar-refractivity contribution >= 4 is 5.69 Å². The Kier molecular flexibility index (Phi) is 2.81. The molecule has 1 aliphatic rings. The molecule has 1 heterocycles. The summed E-state index contributed by atoms with van der Waals surface area (Å²) < 4.78 is 38.4. The van der Waals surface area contributed by atoms with E-state index in [-0.39, 0.29) is 12.3 Å². The fraction of sp³-hybridized carbons (Fsp3) is 0.500. The fourth-order valence-electron chi connectivity index (χ4n) is 2.23. The molecule has 1 aromatic carbocycles. The Morgan fingerprint density at radius 2 is 2.12 bits per heavy atom. The van der Waals surface area contributed by atoms with E-state index in [4.69, 9.17) is 0 Å². The Morgan fingerprint density at radius 1 is 1.41 bits per heavy atom. The number of rotatable bonds is 2. The normalized spacial score (nSPS) is 23.4. The lowest BCUT2D eigenvalue weighted by Gasteiger charge is -2.26. The topological polar surface area (TPSA) is 32.3 Å². The lowest BCUT2D eigenvalue weighted by Crippen LogP contribution is -2.39. The van der Waals surface area contributed by atoms with Crippen molar-refractivity contribution in [2.75, 3.05) is 11.9 Å². The van der Waals surface area contributed by atoms with Crippen LogP contribution in [0.2, 0.25) is 0 Å². The summed E-state index contributed by atoms with van der Waals surface area (Å²) in [6.45, 7) is 1.68. The first-order chi connectivity index (χ1) is 7.92. The van der Waals surface area contributed by atoms with Gasteiger partial charge in [-0.05, 0) is 24.5 Å². The Labute approximate surface area is 97.5 Å². The summed E-state index contributed by atoms with van der Waals surface area (Å²) in [6.07, 6.45) is -3.35. The van der Waals surface area contributed by atoms with E-state index in [2.05, 4.69) is 5.32 Å². The van der Waals surface area contributed by atoms with Crippen LogP contribution in [0.25, 0.3) is 0 Å². The van der Waals surface area contributed by atoms with Crippen molar-refractivity contribution in [2.45, 2.75) is 31.5 Å². The van der Waals surface area contributed by atoms with Crippen molar-refractivity contribution in [1.29, 1.82) is 0 Å². The minimum atomic E-state index is -4.36. The highest BCUT2D eigenvalue weighted by Gasteiger charge is 2.41. The summed E-state index contributed by atoms with van der Waals surface area (Å²) in [5.74, 6) is 0. The smallest absolute Gasteiger partial charge is 0.394 e. The number of aliphatic hydroxyl groups excluding tert-OH is 1. The van der Waals surface area contributed by atoms with Gasteiger partial charge in [-0.2, -0.15) is 13.2 Å². The van der Waals surface area contributed by atoms with Gasteiger partial charge in [0.25, 0.3) is 0 Å². The molecule has 1 aliphatic heterocycles. The molecule has 0 saturated carbocycles. The molecule has 2 rings (SSSR count). The lowest BCUT2D eigenvalue weighted by atomic mass is 9.93. The van der Waals surface area contributed by atoms with Crippen LogP contribution in [-0.4, -0.2) is 17.3 Å². The van der Waals surface area contributed by atoms with Gasteiger partial charge < -0.3 is 10.4 Å². The number of para-hydroxylation sites is 1. The van der Waals surface area contributed by atoms with Crippen LogP contribution in [0.1, 0.15) is 24.5 Å². The monoisotopic (exact) mass is 245 g/mol. The molecule has 0 saturated heterocycles. The van der Waals surface area contributed by atoms with E-state index in [1.54, 1.807) is 6.07 Å². The predicted octanol–water partition coefficient (Wildman–Crippen LogP) is 2.81. The summed E-state index contributed by atoms with van der Waals surface area (Å²) in [5, 5.41) is 12.2. The van der Waals surface area contributed by atoms with Crippen LogP contribution in [0.5, 0.6) is 0 Å². The van der Waals surface area contributed by atoms with Gasteiger partial charge in [-0.1, -0.05) is 19.1 Å². The molecular weight excluding hydrogens is 231 g/mol. The van der Waals surface area contributed by atoms with E-state index < -0.39 is 17.3 Å². The average Bonchev–Trinajstić information content (AvgIpc) is 2.66. The molecular formula is C12H14F3NO. The molecule has 0 aromatic heterocycles. The van der Waals surface area contributed by atoms with Gasteiger partial charge in [0.15, 0.2) is 0 Å². The number of fused-ring (bicyclic) bond motifs is 1. The molecule has 0 spiro atoms. The summed E-state index contributed by atoms with van der Waals surface area (Å²) in [6, 6.07) is 4.14. The first-order valence-electron chi connectivity index (χ1n) is 5.50. The van der Waals surface area contributed by atoms with Gasteiger partial charge >= 0.3 is 6.18 Å². The van der Waals surface area contributed by atoms with Crippen molar-refractivity contribution in [3.8, 4) is 0 Å². The van der Waals surface area contributed by atoms with Crippen LogP contribution in [-0.2, 0) is 12.6 Å². The van der Waals surface area contributed by atoms with Gasteiger partial charge in [-0.15, -0.1) is 0 Å². The molecule has 2 N–H and O–H groups in total. The summed E-state index contributed by atoms with van der Waals surface area (Å²) >= 11 is 0. The van der Waals surface area contributed by atoms with Crippen molar-refractivity contribution in [3.05, 3.63) is 29.3 Å². The van der Waals surface area contributed by atoms with Gasteiger partial charge in [0.05, 0.1) is 23.4 Å². The number of alkyl halides is 3. The number of hydrogen-bond donors (Lipinski definition) is 2. The SMILES string of the molecule is CCC1(CO)Cc2cccc(C(F)(F)F)c2N1. The summed E-state index contributed by atoms with van der Waals surface area (Å²) in [5.41, 5.74) is -0.561. The zero-order valence-electron chi connectivity index (χ0n) is 9.43. The van der Waals surface area contributed by atoms with Crippen molar-refractivity contribution in [1.82, 2.24) is 0 Å². The number of hydrogen-bond acceptors (Lipinski definition) is 2. The second-order valence-corrected chi connectivity index (χ2v) is 4.43. The van der Waals surface area contributed by atoms with Gasteiger partial charge in [0.1, 0.15) is 0 Å². The van der Waals surface area contributed by atoms with Gasteiger partial charge in [0.2, 0.25) is 0 Å². The molecule has 94 valence electrons. The Balaban J connectivity index is 2.45. The second kappa shape index (κ2) is 3.91. The molecule has 5 heteroatoms. The minimum absolute atomic E-state index is 0.121. The van der Waals surface area contributed by atoms with Crippen molar-refractivity contribution in [3.63, 3.8) is 0 Å². The second-order valence-electron chi connectivity index (χ2n) is 4.43. The van der Waals surface area contributed by atoms with Gasteiger partial charge in [0, 0.05) is 0 Å². The molecule has 1 unspecified atom stereocenters. The Bertz CT molecular complexity index is 424. The third kappa shape index (κ3) is 1.99. The zero-order chi connectivity index (χ0) is 12.7. The number of aliphatic hydroxyl groups is 1. The molecule has 1 atom stereocenters. The van der Waals surface area contributed by atoms with Crippen LogP contribution in [0.3, 0.4) is 0 Å². The van der Waals surface area contributed by atoms with E-state index in [9.17, 15) is 18.3 Å². The van der Waals surface area contributed by atoms with Gasteiger partial charge in [-0.25, -0.2) is 0 Å². The Morgan fingerprint density at radius 3 is 2.65 bits per heavy atom. The van der Waals surface area contributed by atoms with Crippen molar-refractivity contribution in [2.24, 2.45) is 0 Å². The highest BCUT2D eigenvalue weighted by molar-refractivity contribution is 5.65. The van der Waals surface area contributed by atoms with Crippen molar-refractivity contribution < 1.29 is 18.3 Å². The van der Waals surface area contributed by atoms with E-state index >= 15 is 0 Å².